The van der Waals surface area contributed by atoms with Crippen molar-refractivity contribution in [3.8, 4) is 0 Å². The van der Waals surface area contributed by atoms with Crippen molar-refractivity contribution in [2.45, 2.75) is 309 Å². The number of unbranched alkanes of at least 4 members (excludes halogenated alkanes) is 34. The Bertz CT molecular complexity index is 1620. The van der Waals surface area contributed by atoms with Crippen LogP contribution in [0.15, 0.2) is 97.2 Å². The highest BCUT2D eigenvalue weighted by Crippen LogP contribution is 2.38. The molecule has 0 aliphatic heterocycles. The van der Waals surface area contributed by atoms with E-state index in [2.05, 4.69) is 104 Å². The van der Waals surface area contributed by atoms with Gasteiger partial charge >= 0.3 is 0 Å². The fraction of sp³-hybridized carbons (Fsp3) is 0.761. The molecule has 0 aromatic rings. The van der Waals surface area contributed by atoms with Gasteiger partial charge in [-0.25, -0.2) is 0 Å². The van der Waals surface area contributed by atoms with E-state index in [4.69, 9.17) is 9.05 Å². The standard InChI is InChI=1S/C71H129N2O6P/c1-6-8-10-12-14-16-18-20-22-24-26-28-30-32-34-36-38-40-42-44-46-48-50-52-54-56-58-60-62-64-70(74)69(68-79-80(76,77)78-67-66-73(3,4)5)72-71(75)65-63-61-59-57-55-53-51-49-47-45-43-41-39-37-35-33-31-29-27-25-23-21-19-17-15-13-11-9-7-2/h9,11,15,17,21,23,27,29,33,35,39,41,54,56,62,64,69-70,74H,6-8,10,12-14,16,18-20,22,24-26,28,30-32,34,36-38,40,42-53,55,57-61,63,65-68H2,1-5H3,(H-,72,75,76,77)/b11-9-,17-15-,23-21-,29-27-,35-33-,41-39-,56-54+,64-62+. The molecular formula is C71H129N2O6P. The Morgan fingerprint density at radius 2 is 0.775 bits per heavy atom. The molecule has 2 N–H and O–H groups in total. The number of aliphatic hydroxyl groups is 1. The third-order valence-corrected chi connectivity index (χ3v) is 15.7. The van der Waals surface area contributed by atoms with E-state index in [0.717, 1.165) is 83.5 Å². The second-order valence-corrected chi connectivity index (χ2v) is 25.2. The molecule has 0 radical (unpaired) electrons. The molecule has 0 saturated heterocycles. The molecule has 0 aliphatic carbocycles. The van der Waals surface area contributed by atoms with E-state index in [-0.39, 0.29) is 12.5 Å². The first-order chi connectivity index (χ1) is 39.0. The number of hydrogen-bond acceptors (Lipinski definition) is 6. The Morgan fingerprint density at radius 3 is 1.16 bits per heavy atom. The number of aliphatic hydroxyl groups excluding tert-OH is 1. The number of likely N-dealkylation sites (N-methyl/N-ethyl adjacent to an activating group) is 1. The maximum atomic E-state index is 13.0. The van der Waals surface area contributed by atoms with E-state index in [1.165, 1.54) is 193 Å². The lowest BCUT2D eigenvalue weighted by Crippen LogP contribution is -2.45. The predicted molar refractivity (Wildman–Crippen MR) is 348 cm³/mol. The second kappa shape index (κ2) is 61.0. The number of carbonyl (C=O) groups is 1. The number of phosphoric ester groups is 1. The lowest BCUT2D eigenvalue weighted by Gasteiger charge is -2.29. The maximum absolute atomic E-state index is 13.0. The molecule has 0 fully saturated rings. The molecule has 464 valence electrons. The zero-order valence-corrected chi connectivity index (χ0v) is 53.9. The van der Waals surface area contributed by atoms with Crippen LogP contribution in [0, 0.1) is 0 Å². The molecule has 0 rings (SSSR count). The first-order valence-electron chi connectivity index (χ1n) is 33.6. The van der Waals surface area contributed by atoms with Crippen LogP contribution in [0.3, 0.4) is 0 Å². The van der Waals surface area contributed by atoms with Crippen molar-refractivity contribution in [1.29, 1.82) is 0 Å². The summed E-state index contributed by atoms with van der Waals surface area (Å²) in [6.45, 7) is 4.54. The molecule has 0 aromatic carbocycles. The van der Waals surface area contributed by atoms with Gasteiger partial charge in [0.1, 0.15) is 13.2 Å². The molecule has 0 spiro atoms. The highest BCUT2D eigenvalue weighted by atomic mass is 31.2. The van der Waals surface area contributed by atoms with Gasteiger partial charge in [-0.3, -0.25) is 9.36 Å². The van der Waals surface area contributed by atoms with Gasteiger partial charge < -0.3 is 28.8 Å². The molecule has 0 aliphatic rings. The first kappa shape index (κ1) is 77.4. The predicted octanol–water partition coefficient (Wildman–Crippen LogP) is 20.7. The van der Waals surface area contributed by atoms with Crippen molar-refractivity contribution in [2.24, 2.45) is 0 Å². The highest BCUT2D eigenvalue weighted by molar-refractivity contribution is 7.45. The van der Waals surface area contributed by atoms with Crippen molar-refractivity contribution < 1.29 is 32.9 Å². The van der Waals surface area contributed by atoms with Gasteiger partial charge in [0.2, 0.25) is 5.91 Å². The Kier molecular flexibility index (Phi) is 59.0. The monoisotopic (exact) mass is 1140 g/mol. The smallest absolute Gasteiger partial charge is 0.268 e. The lowest BCUT2D eigenvalue weighted by molar-refractivity contribution is -0.870. The number of rotatable bonds is 61. The maximum Gasteiger partial charge on any atom is 0.268 e. The third kappa shape index (κ3) is 63.0. The van der Waals surface area contributed by atoms with E-state index in [1.807, 2.05) is 27.2 Å². The number of hydrogen-bond donors (Lipinski definition) is 2. The summed E-state index contributed by atoms with van der Waals surface area (Å²) in [6, 6.07) is -0.914. The van der Waals surface area contributed by atoms with Crippen LogP contribution >= 0.6 is 7.82 Å². The molecule has 9 heteroatoms. The van der Waals surface area contributed by atoms with Gasteiger partial charge in [-0.2, -0.15) is 0 Å². The number of carbonyl (C=O) groups excluding carboxylic acids is 1. The van der Waals surface area contributed by atoms with E-state index in [0.29, 0.717) is 17.4 Å². The van der Waals surface area contributed by atoms with Crippen LogP contribution < -0.4 is 10.2 Å². The molecule has 1 amide bonds. The fourth-order valence-electron chi connectivity index (χ4n) is 9.59. The molecule has 8 nitrogen and oxygen atoms in total. The SMILES string of the molecule is CC/C=C\C/C=C\C/C=C\C/C=C\C/C=C\C/C=C\CCCCCCCCCCCCC(=O)NC(COP(=O)([O-])OCC[N+](C)(C)C)C(O)/C=C/CC/C=C/CCCCCCCCCCCCCCCCCCCCCCCCC. The van der Waals surface area contributed by atoms with Crippen LogP contribution in [0.2, 0.25) is 0 Å². The normalized spacial score (nSPS) is 14.3. The number of allylic oxidation sites excluding steroid dienone is 15. The zero-order valence-electron chi connectivity index (χ0n) is 53.0. The van der Waals surface area contributed by atoms with Crippen LogP contribution in [-0.4, -0.2) is 68.5 Å². The summed E-state index contributed by atoms with van der Waals surface area (Å²) in [7, 11) is 1.24. The third-order valence-electron chi connectivity index (χ3n) is 14.8. The van der Waals surface area contributed by atoms with Gasteiger partial charge in [-0.1, -0.05) is 304 Å². The summed E-state index contributed by atoms with van der Waals surface area (Å²) in [5.41, 5.74) is 0. The van der Waals surface area contributed by atoms with E-state index < -0.39 is 26.6 Å². The number of quaternary nitrogens is 1. The summed E-state index contributed by atoms with van der Waals surface area (Å²) in [5.74, 6) is -0.213. The van der Waals surface area contributed by atoms with E-state index in [1.54, 1.807) is 6.08 Å². The molecule has 3 unspecified atom stereocenters. The highest BCUT2D eigenvalue weighted by Gasteiger charge is 2.23. The van der Waals surface area contributed by atoms with Crippen molar-refractivity contribution in [3.05, 3.63) is 97.2 Å². The lowest BCUT2D eigenvalue weighted by atomic mass is 10.0. The Hall–Kier alpha value is -2.58. The minimum Gasteiger partial charge on any atom is -0.756 e. The summed E-state index contributed by atoms with van der Waals surface area (Å²) in [5, 5.41) is 13.9. The van der Waals surface area contributed by atoms with Gasteiger partial charge in [0.15, 0.2) is 0 Å². The van der Waals surface area contributed by atoms with Gasteiger partial charge in [0.25, 0.3) is 7.82 Å². The van der Waals surface area contributed by atoms with E-state index >= 15 is 0 Å². The molecule has 0 bridgehead atoms. The second-order valence-electron chi connectivity index (χ2n) is 23.8. The van der Waals surface area contributed by atoms with Crippen molar-refractivity contribution in [1.82, 2.24) is 5.32 Å². The molecule has 0 heterocycles. The molecule has 0 aromatic heterocycles. The number of amides is 1. The minimum absolute atomic E-state index is 0.0113. The van der Waals surface area contributed by atoms with Gasteiger partial charge in [0.05, 0.1) is 39.9 Å². The van der Waals surface area contributed by atoms with Crippen LogP contribution in [0.25, 0.3) is 0 Å². The molecular weight excluding hydrogens is 1010 g/mol. The Balaban J connectivity index is 4.18. The molecule has 0 saturated carbocycles. The Morgan fingerprint density at radius 1 is 0.450 bits per heavy atom. The summed E-state index contributed by atoms with van der Waals surface area (Å²) < 4.78 is 23.4. The largest absolute Gasteiger partial charge is 0.756 e. The average molecular weight is 1140 g/mol. The molecule has 3 atom stereocenters. The Labute approximate surface area is 496 Å². The fourth-order valence-corrected chi connectivity index (χ4v) is 10.3. The topological polar surface area (TPSA) is 108 Å². The summed E-state index contributed by atoms with van der Waals surface area (Å²) >= 11 is 0. The van der Waals surface area contributed by atoms with Gasteiger partial charge in [-0.05, 0) is 83.5 Å². The number of nitrogens with zero attached hydrogens (tertiary/aromatic N) is 1. The van der Waals surface area contributed by atoms with Crippen LogP contribution in [-0.2, 0) is 18.4 Å². The van der Waals surface area contributed by atoms with Crippen LogP contribution in [0.4, 0.5) is 0 Å². The van der Waals surface area contributed by atoms with Crippen LogP contribution in [0.1, 0.15) is 296 Å². The number of phosphoric acid groups is 1. The summed E-state index contributed by atoms with van der Waals surface area (Å²) in [6.07, 6.45) is 88.0. The van der Waals surface area contributed by atoms with Crippen molar-refractivity contribution in [3.63, 3.8) is 0 Å². The van der Waals surface area contributed by atoms with Gasteiger partial charge in [-0.15, -0.1) is 0 Å². The minimum atomic E-state index is -4.62. The quantitative estimate of drug-likeness (QED) is 0.0272. The average Bonchev–Trinajstić information content (AvgIpc) is 3.42. The summed E-state index contributed by atoms with van der Waals surface area (Å²) in [4.78, 5) is 25.6. The zero-order chi connectivity index (χ0) is 58.4. The van der Waals surface area contributed by atoms with E-state index in [9.17, 15) is 19.4 Å². The number of nitrogens with one attached hydrogen (secondary N) is 1. The van der Waals surface area contributed by atoms with Gasteiger partial charge in [0, 0.05) is 6.42 Å². The van der Waals surface area contributed by atoms with Crippen molar-refractivity contribution in [2.75, 3.05) is 40.9 Å². The first-order valence-corrected chi connectivity index (χ1v) is 35.1. The van der Waals surface area contributed by atoms with Crippen LogP contribution in [0.5, 0.6) is 0 Å². The molecule has 80 heavy (non-hydrogen) atoms. The van der Waals surface area contributed by atoms with Crippen molar-refractivity contribution >= 4 is 13.7 Å².